The molecular weight excluding hydrogens is 363 g/mol. The molecule has 2 N–H and O–H groups in total. The van der Waals surface area contributed by atoms with E-state index in [9.17, 15) is 9.59 Å². The number of hydrogen-bond acceptors (Lipinski definition) is 3. The predicted molar refractivity (Wildman–Crippen MR) is 97.1 cm³/mol. The van der Waals surface area contributed by atoms with Crippen LogP contribution in [0.1, 0.15) is 12.5 Å². The Hall–Kier alpha value is -2.57. The van der Waals surface area contributed by atoms with Gasteiger partial charge in [-0.1, -0.05) is 35.3 Å². The molecule has 2 amide bonds. The topological polar surface area (TPSA) is 76.0 Å². The molecular formula is C17H12Cl2N4O2. The molecule has 1 aliphatic rings. The Balaban J connectivity index is 1.73. The number of imidazole rings is 1. The zero-order chi connectivity index (χ0) is 17.6. The van der Waals surface area contributed by atoms with E-state index in [0.717, 1.165) is 5.52 Å². The standard InChI is InChI=1S/C17H12Cl2N4O2/c18-9-5-6-11(10(19)7-9)20-16(25)14-8-15(24)22-17-21-12-3-1-2-4-13(12)23(14)17/h1-7,14H,8H2,(H,20,25)(H,21,22,24)/t14-/m0/s1. The lowest BCUT2D eigenvalue weighted by atomic mass is 10.1. The van der Waals surface area contributed by atoms with Gasteiger partial charge in [-0.25, -0.2) is 4.98 Å². The Bertz CT molecular complexity index is 1020. The first-order valence-electron chi connectivity index (χ1n) is 7.55. The second kappa shape index (κ2) is 6.06. The molecule has 0 radical (unpaired) electrons. The maximum atomic E-state index is 12.8. The number of carbonyl (C=O) groups excluding carboxylic acids is 2. The van der Waals surface area contributed by atoms with E-state index in [1.807, 2.05) is 24.3 Å². The number of amides is 2. The van der Waals surface area contributed by atoms with Crippen molar-refractivity contribution in [1.82, 2.24) is 9.55 Å². The highest BCUT2D eigenvalue weighted by Gasteiger charge is 2.33. The first-order valence-corrected chi connectivity index (χ1v) is 8.31. The molecule has 1 aromatic heterocycles. The molecule has 1 aliphatic heterocycles. The SMILES string of the molecule is O=C1C[C@@H](C(=O)Nc2ccc(Cl)cc2Cl)n2c(nc3ccccc32)N1. The van der Waals surface area contributed by atoms with Gasteiger partial charge in [0.2, 0.25) is 17.8 Å². The fourth-order valence-corrected chi connectivity index (χ4v) is 3.36. The van der Waals surface area contributed by atoms with Crippen LogP contribution in [0.5, 0.6) is 0 Å². The van der Waals surface area contributed by atoms with Crippen LogP contribution in [0.25, 0.3) is 11.0 Å². The molecule has 0 unspecified atom stereocenters. The molecule has 0 fully saturated rings. The second-order valence-electron chi connectivity index (χ2n) is 5.68. The third kappa shape index (κ3) is 2.83. The van der Waals surface area contributed by atoms with Crippen molar-refractivity contribution < 1.29 is 9.59 Å². The van der Waals surface area contributed by atoms with Crippen molar-refractivity contribution in [1.29, 1.82) is 0 Å². The van der Waals surface area contributed by atoms with E-state index < -0.39 is 6.04 Å². The van der Waals surface area contributed by atoms with E-state index in [0.29, 0.717) is 27.2 Å². The van der Waals surface area contributed by atoms with Gasteiger partial charge in [0, 0.05) is 5.02 Å². The van der Waals surface area contributed by atoms with Gasteiger partial charge in [0.1, 0.15) is 6.04 Å². The van der Waals surface area contributed by atoms with E-state index in [1.165, 1.54) is 0 Å². The quantitative estimate of drug-likeness (QED) is 0.714. The molecule has 0 aliphatic carbocycles. The van der Waals surface area contributed by atoms with E-state index in [1.54, 1.807) is 22.8 Å². The Labute approximate surface area is 152 Å². The Kier molecular flexibility index (Phi) is 3.86. The van der Waals surface area contributed by atoms with Crippen LogP contribution in [-0.2, 0) is 9.59 Å². The van der Waals surface area contributed by atoms with Crippen molar-refractivity contribution in [3.8, 4) is 0 Å². The van der Waals surface area contributed by atoms with Crippen LogP contribution in [0.15, 0.2) is 42.5 Å². The lowest BCUT2D eigenvalue weighted by Crippen LogP contribution is -2.35. The summed E-state index contributed by atoms with van der Waals surface area (Å²) in [6.07, 6.45) is 0.0183. The van der Waals surface area contributed by atoms with E-state index in [4.69, 9.17) is 23.2 Å². The van der Waals surface area contributed by atoms with E-state index in [-0.39, 0.29) is 18.2 Å². The monoisotopic (exact) mass is 374 g/mol. The average molecular weight is 375 g/mol. The number of rotatable bonds is 2. The molecule has 25 heavy (non-hydrogen) atoms. The molecule has 2 aromatic carbocycles. The number of anilines is 2. The molecule has 2 heterocycles. The molecule has 0 spiro atoms. The minimum absolute atomic E-state index is 0.0183. The van der Waals surface area contributed by atoms with Gasteiger partial charge < -0.3 is 5.32 Å². The lowest BCUT2D eigenvalue weighted by molar-refractivity contribution is -0.124. The number of para-hydroxylation sites is 2. The van der Waals surface area contributed by atoms with Gasteiger partial charge in [-0.05, 0) is 30.3 Å². The van der Waals surface area contributed by atoms with Crippen LogP contribution >= 0.6 is 23.2 Å². The molecule has 4 rings (SSSR count). The Morgan fingerprint density at radius 3 is 2.84 bits per heavy atom. The average Bonchev–Trinajstić information content (AvgIpc) is 2.94. The summed E-state index contributed by atoms with van der Waals surface area (Å²) < 4.78 is 1.73. The van der Waals surface area contributed by atoms with Gasteiger partial charge in [0.05, 0.1) is 28.2 Å². The first kappa shape index (κ1) is 15.9. The normalized spacial score (nSPS) is 16.4. The smallest absolute Gasteiger partial charge is 0.248 e. The third-order valence-corrected chi connectivity index (χ3v) is 4.58. The van der Waals surface area contributed by atoms with E-state index in [2.05, 4.69) is 15.6 Å². The summed E-state index contributed by atoms with van der Waals surface area (Å²) in [7, 11) is 0. The van der Waals surface area contributed by atoms with Gasteiger partial charge in [-0.3, -0.25) is 19.5 Å². The van der Waals surface area contributed by atoms with Crippen molar-refractivity contribution in [3.63, 3.8) is 0 Å². The summed E-state index contributed by atoms with van der Waals surface area (Å²) in [5.41, 5.74) is 1.93. The third-order valence-electron chi connectivity index (χ3n) is 4.03. The number of benzene rings is 2. The summed E-state index contributed by atoms with van der Waals surface area (Å²) in [6.45, 7) is 0. The van der Waals surface area contributed by atoms with Crippen LogP contribution in [0.4, 0.5) is 11.6 Å². The highest BCUT2D eigenvalue weighted by atomic mass is 35.5. The highest BCUT2D eigenvalue weighted by Crippen LogP contribution is 2.32. The van der Waals surface area contributed by atoms with Crippen LogP contribution < -0.4 is 10.6 Å². The van der Waals surface area contributed by atoms with Gasteiger partial charge in [0.15, 0.2) is 0 Å². The zero-order valence-electron chi connectivity index (χ0n) is 12.8. The second-order valence-corrected chi connectivity index (χ2v) is 6.52. The maximum absolute atomic E-state index is 12.8. The number of hydrogen-bond donors (Lipinski definition) is 2. The summed E-state index contributed by atoms with van der Waals surface area (Å²) in [5, 5.41) is 6.28. The molecule has 126 valence electrons. The first-order chi connectivity index (χ1) is 12.0. The molecule has 8 heteroatoms. The summed E-state index contributed by atoms with van der Waals surface area (Å²) in [5.74, 6) is -0.242. The molecule has 6 nitrogen and oxygen atoms in total. The largest absolute Gasteiger partial charge is 0.323 e. The minimum atomic E-state index is -0.720. The fourth-order valence-electron chi connectivity index (χ4n) is 2.91. The number of fused-ring (bicyclic) bond motifs is 3. The Morgan fingerprint density at radius 1 is 1.24 bits per heavy atom. The number of carbonyl (C=O) groups is 2. The van der Waals surface area contributed by atoms with E-state index >= 15 is 0 Å². The lowest BCUT2D eigenvalue weighted by Gasteiger charge is -2.25. The van der Waals surface area contributed by atoms with Gasteiger partial charge in [-0.2, -0.15) is 0 Å². The van der Waals surface area contributed by atoms with Crippen LogP contribution in [0, 0.1) is 0 Å². The molecule has 0 saturated heterocycles. The van der Waals surface area contributed by atoms with Crippen molar-refractivity contribution >= 4 is 57.7 Å². The number of halogens is 2. The minimum Gasteiger partial charge on any atom is -0.323 e. The summed E-state index contributed by atoms with van der Waals surface area (Å²) in [4.78, 5) is 29.2. The molecule has 0 saturated carbocycles. The number of aromatic nitrogens is 2. The van der Waals surface area contributed by atoms with Crippen LogP contribution in [0.3, 0.4) is 0 Å². The zero-order valence-corrected chi connectivity index (χ0v) is 14.3. The van der Waals surface area contributed by atoms with Crippen LogP contribution in [0.2, 0.25) is 10.0 Å². The summed E-state index contributed by atoms with van der Waals surface area (Å²) in [6, 6.07) is 11.5. The highest BCUT2D eigenvalue weighted by molar-refractivity contribution is 6.36. The predicted octanol–water partition coefficient (Wildman–Crippen LogP) is 3.87. The van der Waals surface area contributed by atoms with Gasteiger partial charge in [0.25, 0.3) is 0 Å². The summed E-state index contributed by atoms with van der Waals surface area (Å²) >= 11 is 12.0. The Morgan fingerprint density at radius 2 is 2.04 bits per heavy atom. The van der Waals surface area contributed by atoms with Crippen molar-refractivity contribution in [3.05, 3.63) is 52.5 Å². The molecule has 0 bridgehead atoms. The molecule has 1 atom stereocenters. The van der Waals surface area contributed by atoms with Crippen molar-refractivity contribution in [2.75, 3.05) is 10.6 Å². The molecule has 3 aromatic rings. The van der Waals surface area contributed by atoms with Gasteiger partial charge >= 0.3 is 0 Å². The van der Waals surface area contributed by atoms with Crippen molar-refractivity contribution in [2.24, 2.45) is 0 Å². The number of nitrogens with zero attached hydrogens (tertiary/aromatic N) is 2. The fraction of sp³-hybridized carbons (Fsp3) is 0.118. The maximum Gasteiger partial charge on any atom is 0.248 e. The van der Waals surface area contributed by atoms with Gasteiger partial charge in [-0.15, -0.1) is 0 Å². The van der Waals surface area contributed by atoms with Crippen LogP contribution in [-0.4, -0.2) is 21.4 Å². The number of nitrogens with one attached hydrogen (secondary N) is 2. The van der Waals surface area contributed by atoms with Crippen molar-refractivity contribution in [2.45, 2.75) is 12.5 Å².